The van der Waals surface area contributed by atoms with Gasteiger partial charge < -0.3 is 4.42 Å². The number of fused-ring (bicyclic) bond motifs is 3. The molecular formula is C33H22N2O. The summed E-state index contributed by atoms with van der Waals surface area (Å²) in [5.74, 6) is 0.789. The molecule has 7 aromatic rings. The van der Waals surface area contributed by atoms with Crippen LogP contribution in [-0.4, -0.2) is 9.61 Å². The van der Waals surface area contributed by atoms with E-state index in [1.165, 1.54) is 11.1 Å². The van der Waals surface area contributed by atoms with Gasteiger partial charge >= 0.3 is 0 Å². The smallest absolute Gasteiger partial charge is 0.152 e. The standard InChI is InChI=1S/C33H22N2O/c1-3-11-23(12-4-1)25-16-9-17-27(21-25)31-32(24-13-5-2-6-14-24)34-35-29(30-19-10-20-36-30)22-26-15-7-8-18-28(26)33(31)35/h1-22H. The van der Waals surface area contributed by atoms with E-state index in [2.05, 4.69) is 109 Å². The maximum Gasteiger partial charge on any atom is 0.152 e. The van der Waals surface area contributed by atoms with Crippen molar-refractivity contribution in [3.05, 3.63) is 134 Å². The number of benzene rings is 4. The maximum atomic E-state index is 5.85. The highest BCUT2D eigenvalue weighted by Crippen LogP contribution is 2.41. The van der Waals surface area contributed by atoms with Crippen LogP contribution in [0.1, 0.15) is 0 Å². The first-order valence-electron chi connectivity index (χ1n) is 12.1. The minimum absolute atomic E-state index is 0.789. The van der Waals surface area contributed by atoms with Gasteiger partial charge in [0, 0.05) is 16.5 Å². The molecule has 0 bridgehead atoms. The lowest BCUT2D eigenvalue weighted by Crippen LogP contribution is -1.94. The minimum Gasteiger partial charge on any atom is -0.463 e. The fourth-order valence-electron chi connectivity index (χ4n) is 5.04. The second-order valence-electron chi connectivity index (χ2n) is 8.89. The zero-order valence-corrected chi connectivity index (χ0v) is 19.5. The van der Waals surface area contributed by atoms with Gasteiger partial charge in [-0.25, -0.2) is 4.52 Å². The lowest BCUT2D eigenvalue weighted by atomic mass is 9.94. The quantitative estimate of drug-likeness (QED) is 0.262. The summed E-state index contributed by atoms with van der Waals surface area (Å²) in [4.78, 5) is 0. The number of aromatic nitrogens is 2. The highest BCUT2D eigenvalue weighted by atomic mass is 16.3. The first-order valence-corrected chi connectivity index (χ1v) is 12.1. The molecule has 36 heavy (non-hydrogen) atoms. The van der Waals surface area contributed by atoms with E-state index in [0.29, 0.717) is 0 Å². The SMILES string of the molecule is c1ccc(-c2cccc(-c3c(-c4ccccc4)nn4c(-c5ccco5)cc5ccccc5c34)c2)cc1. The van der Waals surface area contributed by atoms with Crippen LogP contribution in [0.3, 0.4) is 0 Å². The molecule has 3 nitrogen and oxygen atoms in total. The summed E-state index contributed by atoms with van der Waals surface area (Å²) in [6, 6.07) is 44.3. The van der Waals surface area contributed by atoms with Crippen molar-refractivity contribution in [2.45, 2.75) is 0 Å². The monoisotopic (exact) mass is 462 g/mol. The molecule has 4 aromatic carbocycles. The summed E-state index contributed by atoms with van der Waals surface area (Å²) in [7, 11) is 0. The molecule has 0 N–H and O–H groups in total. The first-order chi connectivity index (χ1) is 17.9. The summed E-state index contributed by atoms with van der Waals surface area (Å²) in [5, 5.41) is 7.53. The Bertz CT molecular complexity index is 1820. The summed E-state index contributed by atoms with van der Waals surface area (Å²) in [6.45, 7) is 0. The summed E-state index contributed by atoms with van der Waals surface area (Å²) in [5.41, 5.74) is 8.65. The fraction of sp³-hybridized carbons (Fsp3) is 0. The van der Waals surface area contributed by atoms with E-state index < -0.39 is 0 Å². The van der Waals surface area contributed by atoms with Gasteiger partial charge in [0.15, 0.2) is 5.76 Å². The van der Waals surface area contributed by atoms with Crippen LogP contribution in [0.2, 0.25) is 0 Å². The zero-order chi connectivity index (χ0) is 23.9. The topological polar surface area (TPSA) is 30.4 Å². The van der Waals surface area contributed by atoms with Gasteiger partial charge in [0.25, 0.3) is 0 Å². The molecule has 170 valence electrons. The molecule has 0 fully saturated rings. The molecule has 3 heterocycles. The lowest BCUT2D eigenvalue weighted by Gasteiger charge is -2.10. The van der Waals surface area contributed by atoms with E-state index in [4.69, 9.17) is 9.52 Å². The van der Waals surface area contributed by atoms with Crippen LogP contribution < -0.4 is 0 Å². The van der Waals surface area contributed by atoms with Crippen LogP contribution in [0, 0.1) is 0 Å². The second-order valence-corrected chi connectivity index (χ2v) is 8.89. The molecule has 0 amide bonds. The molecule has 0 aliphatic rings. The van der Waals surface area contributed by atoms with Gasteiger partial charge in [0.05, 0.1) is 11.8 Å². The van der Waals surface area contributed by atoms with E-state index in [9.17, 15) is 0 Å². The predicted molar refractivity (Wildman–Crippen MR) is 147 cm³/mol. The van der Waals surface area contributed by atoms with Crippen molar-refractivity contribution < 1.29 is 4.42 Å². The summed E-state index contributed by atoms with van der Waals surface area (Å²) >= 11 is 0. The molecule has 0 aliphatic carbocycles. The van der Waals surface area contributed by atoms with Crippen LogP contribution in [0.15, 0.2) is 138 Å². The van der Waals surface area contributed by atoms with Gasteiger partial charge in [0.1, 0.15) is 11.4 Å². The molecule has 7 rings (SSSR count). The Labute approximate surface area is 208 Å². The fourth-order valence-corrected chi connectivity index (χ4v) is 5.04. The number of hydrogen-bond donors (Lipinski definition) is 0. The average molecular weight is 463 g/mol. The Balaban J connectivity index is 1.62. The van der Waals surface area contributed by atoms with E-state index in [-0.39, 0.29) is 0 Å². The van der Waals surface area contributed by atoms with Gasteiger partial charge in [-0.15, -0.1) is 0 Å². The number of rotatable bonds is 4. The highest BCUT2D eigenvalue weighted by molar-refractivity contribution is 6.08. The number of pyridine rings is 1. The van der Waals surface area contributed by atoms with E-state index in [1.807, 2.05) is 22.7 Å². The van der Waals surface area contributed by atoms with E-state index in [1.54, 1.807) is 6.26 Å². The third-order valence-electron chi connectivity index (χ3n) is 6.70. The van der Waals surface area contributed by atoms with Gasteiger partial charge in [-0.3, -0.25) is 0 Å². The number of nitrogens with zero attached hydrogens (tertiary/aromatic N) is 2. The van der Waals surface area contributed by atoms with Gasteiger partial charge in [-0.05, 0) is 46.3 Å². The van der Waals surface area contributed by atoms with Crippen LogP contribution in [0.25, 0.3) is 61.3 Å². The van der Waals surface area contributed by atoms with Crippen molar-refractivity contribution >= 4 is 16.3 Å². The normalized spacial score (nSPS) is 11.3. The lowest BCUT2D eigenvalue weighted by molar-refractivity contribution is 0.578. The molecule has 0 atom stereocenters. The van der Waals surface area contributed by atoms with Crippen LogP contribution in [0.5, 0.6) is 0 Å². The Hall–Kier alpha value is -4.89. The molecule has 0 spiro atoms. The molecule has 3 aromatic heterocycles. The Morgan fingerprint density at radius 2 is 1.25 bits per heavy atom. The first kappa shape index (κ1) is 20.5. The third-order valence-corrected chi connectivity index (χ3v) is 6.70. The van der Waals surface area contributed by atoms with Crippen LogP contribution >= 0.6 is 0 Å². The van der Waals surface area contributed by atoms with Gasteiger partial charge in [-0.2, -0.15) is 5.10 Å². The Kier molecular flexibility index (Phi) is 4.78. The predicted octanol–water partition coefficient (Wildman–Crippen LogP) is 8.75. The molecule has 0 unspecified atom stereocenters. The maximum absolute atomic E-state index is 5.85. The number of furan rings is 1. The zero-order valence-electron chi connectivity index (χ0n) is 19.5. The van der Waals surface area contributed by atoms with Crippen molar-refractivity contribution in [2.24, 2.45) is 0 Å². The Morgan fingerprint density at radius 3 is 2.03 bits per heavy atom. The van der Waals surface area contributed by atoms with Crippen molar-refractivity contribution in [2.75, 3.05) is 0 Å². The van der Waals surface area contributed by atoms with Crippen molar-refractivity contribution in [1.82, 2.24) is 9.61 Å². The number of hydrogen-bond acceptors (Lipinski definition) is 2. The minimum atomic E-state index is 0.789. The van der Waals surface area contributed by atoms with Crippen molar-refractivity contribution in [3.63, 3.8) is 0 Å². The summed E-state index contributed by atoms with van der Waals surface area (Å²) in [6.07, 6.45) is 1.71. The van der Waals surface area contributed by atoms with Crippen molar-refractivity contribution in [1.29, 1.82) is 0 Å². The summed E-state index contributed by atoms with van der Waals surface area (Å²) < 4.78 is 7.90. The van der Waals surface area contributed by atoms with Gasteiger partial charge in [-0.1, -0.05) is 103 Å². The van der Waals surface area contributed by atoms with Gasteiger partial charge in [0.2, 0.25) is 0 Å². The molecule has 0 saturated heterocycles. The average Bonchev–Trinajstić information content (AvgIpc) is 3.63. The van der Waals surface area contributed by atoms with Crippen molar-refractivity contribution in [3.8, 4) is 45.0 Å². The molecule has 0 saturated carbocycles. The third kappa shape index (κ3) is 3.33. The molecule has 0 radical (unpaired) electrons. The Morgan fingerprint density at radius 1 is 0.556 bits per heavy atom. The van der Waals surface area contributed by atoms with Crippen LogP contribution in [0.4, 0.5) is 0 Å². The second kappa shape index (κ2) is 8.40. The van der Waals surface area contributed by atoms with E-state index >= 15 is 0 Å². The highest BCUT2D eigenvalue weighted by Gasteiger charge is 2.22. The largest absolute Gasteiger partial charge is 0.463 e. The molecule has 0 aliphatic heterocycles. The molecule has 3 heteroatoms. The van der Waals surface area contributed by atoms with Crippen LogP contribution in [-0.2, 0) is 0 Å². The molecular weight excluding hydrogens is 440 g/mol. The van der Waals surface area contributed by atoms with E-state index in [0.717, 1.165) is 50.1 Å².